The number of hydrogen-bond acceptors (Lipinski definition) is 2. The molecule has 1 aromatic rings. The molecular formula is C20H22O2. The van der Waals surface area contributed by atoms with Crippen molar-refractivity contribution in [2.24, 2.45) is 0 Å². The monoisotopic (exact) mass is 294 g/mol. The molecule has 0 aromatic heterocycles. The molecule has 3 aliphatic rings. The first-order valence-electron chi connectivity index (χ1n) is 8.47. The summed E-state index contributed by atoms with van der Waals surface area (Å²) >= 11 is 0. The summed E-state index contributed by atoms with van der Waals surface area (Å²) in [6, 6.07) is 4.29. The van der Waals surface area contributed by atoms with Crippen molar-refractivity contribution in [2.75, 3.05) is 0 Å². The van der Waals surface area contributed by atoms with Gasteiger partial charge in [0.25, 0.3) is 0 Å². The summed E-state index contributed by atoms with van der Waals surface area (Å²) in [6.45, 7) is 0. The summed E-state index contributed by atoms with van der Waals surface area (Å²) in [5.74, 6) is 1.91. The molecule has 0 unspecified atom stereocenters. The molecule has 2 heteroatoms. The third-order valence-electron chi connectivity index (χ3n) is 5.03. The van der Waals surface area contributed by atoms with Crippen LogP contribution in [-0.2, 0) is 11.2 Å². The molecule has 2 fully saturated rings. The van der Waals surface area contributed by atoms with Crippen molar-refractivity contribution in [3.8, 4) is 5.75 Å². The lowest BCUT2D eigenvalue weighted by molar-refractivity contribution is -0.115. The van der Waals surface area contributed by atoms with Crippen LogP contribution in [0.5, 0.6) is 5.75 Å². The molecule has 22 heavy (non-hydrogen) atoms. The second-order valence-electron chi connectivity index (χ2n) is 6.92. The highest BCUT2D eigenvalue weighted by atomic mass is 16.3. The van der Waals surface area contributed by atoms with Crippen molar-refractivity contribution in [3.63, 3.8) is 0 Å². The van der Waals surface area contributed by atoms with Gasteiger partial charge in [0.2, 0.25) is 0 Å². The van der Waals surface area contributed by atoms with Crippen LogP contribution in [0.25, 0.3) is 0 Å². The maximum absolute atomic E-state index is 12.2. The number of aromatic hydroxyl groups is 1. The van der Waals surface area contributed by atoms with Gasteiger partial charge in [0.15, 0.2) is 5.78 Å². The topological polar surface area (TPSA) is 37.3 Å². The molecule has 0 atom stereocenters. The Balaban J connectivity index is 1.52. The second kappa shape index (κ2) is 5.42. The predicted molar refractivity (Wildman–Crippen MR) is 87.2 cm³/mol. The zero-order chi connectivity index (χ0) is 15.1. The number of carbonyl (C=O) groups is 1. The van der Waals surface area contributed by atoms with Crippen LogP contribution in [0.15, 0.2) is 35.9 Å². The molecule has 0 aliphatic heterocycles. The molecule has 1 aromatic carbocycles. The third-order valence-corrected chi connectivity index (χ3v) is 5.03. The molecule has 2 nitrogen and oxygen atoms in total. The smallest absolute Gasteiger partial charge is 0.159 e. The van der Waals surface area contributed by atoms with Crippen LogP contribution in [0.2, 0.25) is 0 Å². The lowest BCUT2D eigenvalue weighted by atomic mass is 9.94. The van der Waals surface area contributed by atoms with Gasteiger partial charge in [0.05, 0.1) is 0 Å². The molecular weight excluding hydrogens is 272 g/mol. The van der Waals surface area contributed by atoms with Gasteiger partial charge in [-0.15, -0.1) is 0 Å². The molecule has 3 aliphatic carbocycles. The summed E-state index contributed by atoms with van der Waals surface area (Å²) in [4.78, 5) is 12.2. The Kier molecular flexibility index (Phi) is 3.40. The standard InChI is InChI=1S/C20H22O2/c21-19(16-3-1-2-4-16)10-5-13-11-17(14-6-7-14)20(22)18(12-13)15-8-9-15/h1-3,11-12,14-15,22H,4-10H2. The van der Waals surface area contributed by atoms with Gasteiger partial charge in [0.1, 0.15) is 5.75 Å². The third kappa shape index (κ3) is 2.75. The fourth-order valence-corrected chi connectivity index (χ4v) is 3.37. The summed E-state index contributed by atoms with van der Waals surface area (Å²) in [7, 11) is 0. The molecule has 1 N–H and O–H groups in total. The van der Waals surface area contributed by atoms with Crippen molar-refractivity contribution in [3.05, 3.63) is 52.6 Å². The summed E-state index contributed by atoms with van der Waals surface area (Å²) in [6.07, 6.45) is 12.9. The molecule has 0 heterocycles. The zero-order valence-electron chi connectivity index (χ0n) is 12.8. The van der Waals surface area contributed by atoms with E-state index >= 15 is 0 Å². The number of phenolic OH excluding ortho intramolecular Hbond substituents is 1. The van der Waals surface area contributed by atoms with E-state index in [0.29, 0.717) is 24.0 Å². The number of ketones is 1. The number of aryl methyl sites for hydroxylation is 1. The highest BCUT2D eigenvalue weighted by molar-refractivity contribution is 5.96. The van der Waals surface area contributed by atoms with Crippen LogP contribution < -0.4 is 0 Å². The molecule has 114 valence electrons. The molecule has 0 bridgehead atoms. The largest absolute Gasteiger partial charge is 0.507 e. The Hall–Kier alpha value is -1.83. The highest BCUT2D eigenvalue weighted by Gasteiger charge is 2.32. The van der Waals surface area contributed by atoms with Gasteiger partial charge in [-0.1, -0.05) is 30.4 Å². The maximum atomic E-state index is 12.2. The van der Waals surface area contributed by atoms with E-state index in [1.807, 2.05) is 18.2 Å². The quantitative estimate of drug-likeness (QED) is 0.836. The van der Waals surface area contributed by atoms with E-state index < -0.39 is 0 Å². The van der Waals surface area contributed by atoms with Gasteiger partial charge in [-0.2, -0.15) is 0 Å². The van der Waals surface area contributed by atoms with E-state index in [4.69, 9.17) is 0 Å². The fraction of sp³-hybridized carbons (Fsp3) is 0.450. The predicted octanol–water partition coefficient (Wildman–Crippen LogP) is 4.54. The minimum atomic E-state index is 0.263. The first kappa shape index (κ1) is 13.8. The number of Topliss-reactive ketones (excluding diaryl/α,β-unsaturated/α-hetero) is 1. The van der Waals surface area contributed by atoms with Gasteiger partial charge in [-0.05, 0) is 72.6 Å². The van der Waals surface area contributed by atoms with E-state index in [2.05, 4.69) is 12.1 Å². The van der Waals surface area contributed by atoms with Crippen molar-refractivity contribution < 1.29 is 9.90 Å². The van der Waals surface area contributed by atoms with E-state index in [-0.39, 0.29) is 5.78 Å². The van der Waals surface area contributed by atoms with Crippen LogP contribution >= 0.6 is 0 Å². The van der Waals surface area contributed by atoms with Crippen LogP contribution in [-0.4, -0.2) is 10.9 Å². The number of rotatable bonds is 6. The zero-order valence-corrected chi connectivity index (χ0v) is 12.8. The first-order valence-corrected chi connectivity index (χ1v) is 8.47. The van der Waals surface area contributed by atoms with E-state index in [0.717, 1.165) is 29.5 Å². The normalized spacial score (nSPS) is 20.3. The molecule has 0 spiro atoms. The first-order chi connectivity index (χ1) is 10.7. The van der Waals surface area contributed by atoms with Gasteiger partial charge in [-0.3, -0.25) is 4.79 Å². The van der Waals surface area contributed by atoms with E-state index in [1.54, 1.807) is 0 Å². The molecule has 2 saturated carbocycles. The van der Waals surface area contributed by atoms with Crippen LogP contribution in [0.1, 0.15) is 67.1 Å². The summed E-state index contributed by atoms with van der Waals surface area (Å²) in [5, 5.41) is 10.5. The minimum Gasteiger partial charge on any atom is -0.507 e. The van der Waals surface area contributed by atoms with Gasteiger partial charge >= 0.3 is 0 Å². The van der Waals surface area contributed by atoms with Crippen molar-refractivity contribution in [1.29, 1.82) is 0 Å². The SMILES string of the molecule is O=C(CCc1cc(C2CC2)c(O)c(C2CC2)c1)C1=CC=CC1. The van der Waals surface area contributed by atoms with Crippen LogP contribution in [0.4, 0.5) is 0 Å². The molecule has 0 saturated heterocycles. The van der Waals surface area contributed by atoms with Crippen LogP contribution in [0.3, 0.4) is 0 Å². The van der Waals surface area contributed by atoms with Crippen molar-refractivity contribution >= 4 is 5.78 Å². The number of phenols is 1. The Labute approximate surface area is 131 Å². The summed E-state index contributed by atoms with van der Waals surface area (Å²) in [5.41, 5.74) is 4.42. The Bertz CT molecular complexity index is 640. The Morgan fingerprint density at radius 1 is 1.09 bits per heavy atom. The molecule has 4 rings (SSSR count). The summed E-state index contributed by atoms with van der Waals surface area (Å²) < 4.78 is 0. The van der Waals surface area contributed by atoms with E-state index in [9.17, 15) is 9.90 Å². The van der Waals surface area contributed by atoms with E-state index in [1.165, 1.54) is 31.2 Å². The minimum absolute atomic E-state index is 0.263. The second-order valence-corrected chi connectivity index (χ2v) is 6.92. The molecule has 0 radical (unpaired) electrons. The average Bonchev–Trinajstić information content (AvgIpc) is 3.45. The Morgan fingerprint density at radius 2 is 1.73 bits per heavy atom. The van der Waals surface area contributed by atoms with Gasteiger partial charge < -0.3 is 5.11 Å². The number of allylic oxidation sites excluding steroid dienone is 4. The number of hydrogen-bond donors (Lipinski definition) is 1. The van der Waals surface area contributed by atoms with Crippen LogP contribution in [0, 0.1) is 0 Å². The maximum Gasteiger partial charge on any atom is 0.159 e. The van der Waals surface area contributed by atoms with Crippen molar-refractivity contribution in [2.45, 2.75) is 56.8 Å². The van der Waals surface area contributed by atoms with Gasteiger partial charge in [0, 0.05) is 6.42 Å². The number of benzene rings is 1. The number of carbonyl (C=O) groups excluding carboxylic acids is 1. The Morgan fingerprint density at radius 3 is 2.23 bits per heavy atom. The molecule has 0 amide bonds. The lowest BCUT2D eigenvalue weighted by Crippen LogP contribution is -2.03. The highest BCUT2D eigenvalue weighted by Crippen LogP contribution is 2.51. The average molecular weight is 294 g/mol. The van der Waals surface area contributed by atoms with Crippen molar-refractivity contribution in [1.82, 2.24) is 0 Å². The lowest BCUT2D eigenvalue weighted by Gasteiger charge is -2.12. The van der Waals surface area contributed by atoms with Gasteiger partial charge in [-0.25, -0.2) is 0 Å². The fourth-order valence-electron chi connectivity index (χ4n) is 3.37.